The van der Waals surface area contributed by atoms with Gasteiger partial charge >= 0.3 is 0 Å². The summed E-state index contributed by atoms with van der Waals surface area (Å²) in [7, 11) is 2.19. The van der Waals surface area contributed by atoms with Gasteiger partial charge < -0.3 is 20.0 Å². The largest absolute Gasteiger partial charge is 0.396 e. The summed E-state index contributed by atoms with van der Waals surface area (Å²) in [5.41, 5.74) is 17.7. The number of aliphatic hydroxyl groups excluding tert-OH is 2. The van der Waals surface area contributed by atoms with Crippen LogP contribution in [0.1, 0.15) is 95.5 Å². The van der Waals surface area contributed by atoms with Crippen LogP contribution < -0.4 is 4.90 Å². The number of benzene rings is 6. The van der Waals surface area contributed by atoms with Gasteiger partial charge in [-0.05, 0) is 134 Å². The lowest BCUT2D eigenvalue weighted by molar-refractivity contribution is 0.110. The first-order valence-corrected chi connectivity index (χ1v) is 23.5. The van der Waals surface area contributed by atoms with Crippen molar-refractivity contribution < 1.29 is 10.2 Å². The third kappa shape index (κ3) is 12.0. The minimum atomic E-state index is 0.194. The molecule has 0 saturated carbocycles. The summed E-state index contributed by atoms with van der Waals surface area (Å²) in [5.74, 6) is 0.640. The van der Waals surface area contributed by atoms with Crippen molar-refractivity contribution >= 4 is 28.0 Å². The van der Waals surface area contributed by atoms with Gasteiger partial charge in [-0.15, -0.1) is 0 Å². The number of likely N-dealkylation sites (N-methyl/N-ethyl adjacent to an activating group) is 1. The number of rotatable bonds is 15. The van der Waals surface area contributed by atoms with E-state index in [1.165, 1.54) is 78.1 Å². The van der Waals surface area contributed by atoms with E-state index in [4.69, 9.17) is 0 Å². The molecule has 6 aromatic carbocycles. The molecule has 0 radical (unpaired) electrons. The predicted octanol–water partition coefficient (Wildman–Crippen LogP) is 12.0. The average molecular weight is 852 g/mol. The lowest BCUT2D eigenvalue weighted by Crippen LogP contribution is -2.48. The standard InChI is InChI=1S/C30H35NO.C29H34N2O/c1-22(2)31-20-28(21-31)24-15-17-27(18-16-24)30(26-13-11-23(3)12-14-26)29(10-7-19-32)25-8-5-4-6-9-25;1-23-10-12-25(13-11-23)29(28(9-6-22-32)24-7-4-3-5-8-24)26-14-16-27(17-15-26)31-20-18-30(2)19-21-31/h4-6,8-9,11-18,22,28,32H,7,10,19-21H2,1-3H3;3-5,7-8,10-17,32H,6,9,18-22H2,1-2H3/b30-29-;29-28-. The first-order chi connectivity index (χ1) is 31.2. The number of likely N-dealkylation sites (tertiary alicyclic amines) is 1. The van der Waals surface area contributed by atoms with E-state index in [1.54, 1.807) is 0 Å². The van der Waals surface area contributed by atoms with Crippen molar-refractivity contribution in [3.63, 3.8) is 0 Å². The molecule has 0 atom stereocenters. The first kappa shape index (κ1) is 46.4. The molecule has 0 amide bonds. The number of nitrogens with zero attached hydrogens (tertiary/aromatic N) is 3. The predicted molar refractivity (Wildman–Crippen MR) is 272 cm³/mol. The topological polar surface area (TPSA) is 50.2 Å². The van der Waals surface area contributed by atoms with Crippen LogP contribution in [0.25, 0.3) is 22.3 Å². The molecule has 2 aliphatic heterocycles. The van der Waals surface area contributed by atoms with Gasteiger partial charge in [0.1, 0.15) is 0 Å². The van der Waals surface area contributed by atoms with E-state index in [0.29, 0.717) is 12.0 Å². The number of anilines is 1. The number of allylic oxidation sites excluding steroid dienone is 2. The quantitative estimate of drug-likeness (QED) is 0.101. The highest BCUT2D eigenvalue weighted by Gasteiger charge is 2.29. The highest BCUT2D eigenvalue weighted by atomic mass is 16.3. The van der Waals surface area contributed by atoms with Crippen LogP contribution in [-0.2, 0) is 0 Å². The molecular formula is C59H69N3O2. The van der Waals surface area contributed by atoms with Gasteiger partial charge in [0.05, 0.1) is 0 Å². The summed E-state index contributed by atoms with van der Waals surface area (Å²) in [4.78, 5) is 7.39. The Morgan fingerprint density at radius 2 is 0.891 bits per heavy atom. The molecule has 0 aliphatic carbocycles. The van der Waals surface area contributed by atoms with Gasteiger partial charge in [-0.25, -0.2) is 0 Å². The average Bonchev–Trinajstić information content (AvgIpc) is 3.31. The molecular weight excluding hydrogens is 783 g/mol. The van der Waals surface area contributed by atoms with Crippen LogP contribution in [0.15, 0.2) is 158 Å². The van der Waals surface area contributed by atoms with Crippen molar-refractivity contribution in [2.45, 2.75) is 65.3 Å². The molecule has 2 fully saturated rings. The molecule has 0 aromatic heterocycles. The van der Waals surface area contributed by atoms with Crippen molar-refractivity contribution in [3.8, 4) is 0 Å². The van der Waals surface area contributed by atoms with Crippen molar-refractivity contribution in [3.05, 3.63) is 208 Å². The first-order valence-electron chi connectivity index (χ1n) is 23.5. The highest BCUT2D eigenvalue weighted by molar-refractivity contribution is 5.99. The number of hydrogen-bond donors (Lipinski definition) is 2. The zero-order valence-electron chi connectivity index (χ0n) is 38.9. The Hall–Kier alpha value is -5.56. The van der Waals surface area contributed by atoms with E-state index in [1.807, 2.05) is 0 Å². The summed E-state index contributed by atoms with van der Waals surface area (Å²) in [6.07, 6.45) is 3.19. The van der Waals surface area contributed by atoms with E-state index < -0.39 is 0 Å². The Kier molecular flexibility index (Phi) is 16.6. The van der Waals surface area contributed by atoms with E-state index in [0.717, 1.165) is 65.0 Å². The maximum absolute atomic E-state index is 9.59. The van der Waals surface area contributed by atoms with Gasteiger partial charge in [0.2, 0.25) is 0 Å². The number of piperazine rings is 1. The fraction of sp³-hybridized carbons (Fsp3) is 0.322. The molecule has 8 rings (SSSR count). The molecule has 0 spiro atoms. The third-order valence-electron chi connectivity index (χ3n) is 13.0. The Balaban J connectivity index is 0.000000191. The van der Waals surface area contributed by atoms with Crippen LogP contribution in [-0.4, -0.2) is 85.6 Å². The highest BCUT2D eigenvalue weighted by Crippen LogP contribution is 2.38. The van der Waals surface area contributed by atoms with E-state index in [9.17, 15) is 10.2 Å². The summed E-state index contributed by atoms with van der Waals surface area (Å²) >= 11 is 0. The number of aliphatic hydroxyl groups is 2. The summed E-state index contributed by atoms with van der Waals surface area (Å²) in [5, 5.41) is 19.2. The monoisotopic (exact) mass is 852 g/mol. The third-order valence-corrected chi connectivity index (χ3v) is 13.0. The second-order valence-electron chi connectivity index (χ2n) is 18.0. The van der Waals surface area contributed by atoms with Crippen molar-refractivity contribution in [1.82, 2.24) is 9.80 Å². The molecule has 0 unspecified atom stereocenters. The summed E-state index contributed by atoms with van der Waals surface area (Å²) in [6, 6.07) is 57.8. The summed E-state index contributed by atoms with van der Waals surface area (Å²) < 4.78 is 0. The fourth-order valence-corrected chi connectivity index (χ4v) is 9.06. The molecule has 332 valence electrons. The molecule has 2 saturated heterocycles. The van der Waals surface area contributed by atoms with Crippen molar-refractivity contribution in [2.24, 2.45) is 0 Å². The SMILES string of the molecule is Cc1ccc(/C(=C(\CCCO)c2ccccc2)c2ccc(C3CN(C(C)C)C3)cc2)cc1.Cc1ccc(/C(=C(\CCCO)c2ccccc2)c2ccc(N3CCN(C)CC3)cc2)cc1. The van der Waals surface area contributed by atoms with Crippen molar-refractivity contribution in [2.75, 3.05) is 64.4 Å². The maximum Gasteiger partial charge on any atom is 0.0434 e. The van der Waals surface area contributed by atoms with Crippen LogP contribution in [0, 0.1) is 13.8 Å². The minimum absolute atomic E-state index is 0.194. The van der Waals surface area contributed by atoms with Crippen LogP contribution in [0.4, 0.5) is 5.69 Å². The molecule has 6 aromatic rings. The van der Waals surface area contributed by atoms with Crippen LogP contribution in [0.3, 0.4) is 0 Å². The van der Waals surface area contributed by atoms with Gasteiger partial charge in [0.25, 0.3) is 0 Å². The van der Waals surface area contributed by atoms with Gasteiger partial charge in [0.15, 0.2) is 0 Å². The second-order valence-corrected chi connectivity index (χ2v) is 18.0. The molecule has 2 heterocycles. The molecule has 0 bridgehead atoms. The molecule has 2 N–H and O–H groups in total. The fourth-order valence-electron chi connectivity index (χ4n) is 9.06. The van der Waals surface area contributed by atoms with Crippen LogP contribution >= 0.6 is 0 Å². The Bertz CT molecular complexity index is 2390. The molecule has 64 heavy (non-hydrogen) atoms. The lowest BCUT2D eigenvalue weighted by atomic mass is 9.85. The Morgan fingerprint density at radius 1 is 0.500 bits per heavy atom. The van der Waals surface area contributed by atoms with Gasteiger partial charge in [0, 0.05) is 70.1 Å². The minimum Gasteiger partial charge on any atom is -0.396 e. The number of hydrogen-bond acceptors (Lipinski definition) is 5. The smallest absolute Gasteiger partial charge is 0.0434 e. The van der Waals surface area contributed by atoms with Gasteiger partial charge in [-0.1, -0.05) is 157 Å². The van der Waals surface area contributed by atoms with Crippen LogP contribution in [0.5, 0.6) is 0 Å². The van der Waals surface area contributed by atoms with Crippen LogP contribution in [0.2, 0.25) is 0 Å². The molecule has 5 nitrogen and oxygen atoms in total. The molecule has 2 aliphatic rings. The molecule has 5 heteroatoms. The van der Waals surface area contributed by atoms with E-state index in [2.05, 4.69) is 207 Å². The maximum atomic E-state index is 9.59. The van der Waals surface area contributed by atoms with Gasteiger partial charge in [-0.3, -0.25) is 4.90 Å². The van der Waals surface area contributed by atoms with Crippen molar-refractivity contribution in [1.29, 1.82) is 0 Å². The second kappa shape index (κ2) is 22.9. The van der Waals surface area contributed by atoms with E-state index >= 15 is 0 Å². The zero-order chi connectivity index (χ0) is 44.8. The Morgan fingerprint density at radius 3 is 1.28 bits per heavy atom. The zero-order valence-corrected chi connectivity index (χ0v) is 38.9. The number of aryl methyl sites for hydroxylation is 2. The van der Waals surface area contributed by atoms with Gasteiger partial charge in [-0.2, -0.15) is 0 Å². The van der Waals surface area contributed by atoms with E-state index in [-0.39, 0.29) is 13.2 Å². The summed E-state index contributed by atoms with van der Waals surface area (Å²) in [6.45, 7) is 15.9. The Labute approximate surface area is 384 Å². The lowest BCUT2D eigenvalue weighted by Gasteiger charge is -2.42. The normalized spacial score (nSPS) is 15.5.